The fraction of sp³-hybridized carbons (Fsp3) is 0.766. The van der Waals surface area contributed by atoms with E-state index in [1.807, 2.05) is 0 Å². The molecule has 0 radical (unpaired) electrons. The molecule has 0 aliphatic carbocycles. The molecule has 1 heterocycles. The van der Waals surface area contributed by atoms with E-state index in [0.717, 1.165) is 77.0 Å². The predicted octanol–water partition coefficient (Wildman–Crippen LogP) is 9.22. The van der Waals surface area contributed by atoms with Gasteiger partial charge in [0.15, 0.2) is 6.29 Å². The molecule has 1 aliphatic heterocycles. The van der Waals surface area contributed by atoms with Gasteiger partial charge in [-0.1, -0.05) is 171 Å². The number of nitrogens with one attached hydrogen (secondary N) is 1. The highest BCUT2D eigenvalue weighted by Crippen LogP contribution is 2.23. The van der Waals surface area contributed by atoms with E-state index in [1.54, 1.807) is 0 Å². The van der Waals surface area contributed by atoms with Crippen molar-refractivity contribution < 1.29 is 39.8 Å². The number of carbonyl (C=O) groups is 1. The SMILES string of the molecule is CC/C=C\C/C=C\C/C=C\C/C=C\C/C=C\CCCCCC(=O)NC(COC1OC(CO)C(O)C(O)C1O)C(O)CCCCCCCCCCCCCCCC. The van der Waals surface area contributed by atoms with E-state index in [-0.39, 0.29) is 12.5 Å². The van der Waals surface area contributed by atoms with Crippen LogP contribution >= 0.6 is 0 Å². The maximum Gasteiger partial charge on any atom is 0.220 e. The Morgan fingerprint density at radius 1 is 0.625 bits per heavy atom. The highest BCUT2D eigenvalue weighted by atomic mass is 16.7. The Morgan fingerprint density at radius 3 is 1.62 bits per heavy atom. The number of ether oxygens (including phenoxy) is 2. The Bertz CT molecular complexity index is 1060. The van der Waals surface area contributed by atoms with Crippen molar-refractivity contribution in [1.82, 2.24) is 5.32 Å². The first-order valence-corrected chi connectivity index (χ1v) is 22.5. The summed E-state index contributed by atoms with van der Waals surface area (Å²) < 4.78 is 11.2. The van der Waals surface area contributed by atoms with Gasteiger partial charge in [0.2, 0.25) is 5.91 Å². The van der Waals surface area contributed by atoms with E-state index in [9.17, 15) is 30.3 Å². The first kappa shape index (κ1) is 51.9. The number of amides is 1. The molecule has 0 aromatic rings. The van der Waals surface area contributed by atoms with Gasteiger partial charge in [0.25, 0.3) is 0 Å². The van der Waals surface area contributed by atoms with Gasteiger partial charge in [-0.25, -0.2) is 0 Å². The minimum atomic E-state index is -1.56. The molecule has 1 aliphatic rings. The van der Waals surface area contributed by atoms with Crippen LogP contribution in [0.1, 0.15) is 174 Å². The van der Waals surface area contributed by atoms with Gasteiger partial charge in [-0.2, -0.15) is 0 Å². The molecule has 7 atom stereocenters. The molecular formula is C47H83NO8. The van der Waals surface area contributed by atoms with E-state index < -0.39 is 49.5 Å². The lowest BCUT2D eigenvalue weighted by molar-refractivity contribution is -0.302. The second-order valence-electron chi connectivity index (χ2n) is 15.5. The van der Waals surface area contributed by atoms with Crippen LogP contribution in [0.5, 0.6) is 0 Å². The lowest BCUT2D eigenvalue weighted by Gasteiger charge is -2.40. The topological polar surface area (TPSA) is 149 Å². The fourth-order valence-corrected chi connectivity index (χ4v) is 6.77. The van der Waals surface area contributed by atoms with Gasteiger partial charge < -0.3 is 40.3 Å². The molecule has 56 heavy (non-hydrogen) atoms. The Kier molecular flexibility index (Phi) is 34.5. The molecule has 0 aromatic carbocycles. The lowest BCUT2D eigenvalue weighted by Crippen LogP contribution is -2.60. The number of hydrogen-bond donors (Lipinski definition) is 6. The van der Waals surface area contributed by atoms with Gasteiger partial charge in [0.05, 0.1) is 25.4 Å². The maximum atomic E-state index is 13.0. The average Bonchev–Trinajstić information content (AvgIpc) is 3.20. The number of hydrogen-bond acceptors (Lipinski definition) is 8. The smallest absolute Gasteiger partial charge is 0.220 e. The molecule has 1 fully saturated rings. The Labute approximate surface area is 341 Å². The van der Waals surface area contributed by atoms with Crippen molar-refractivity contribution in [2.45, 2.75) is 217 Å². The van der Waals surface area contributed by atoms with Crippen molar-refractivity contribution in [2.24, 2.45) is 0 Å². The maximum absolute atomic E-state index is 13.0. The van der Waals surface area contributed by atoms with Gasteiger partial charge in [-0.15, -0.1) is 0 Å². The van der Waals surface area contributed by atoms with Crippen LogP contribution in [0.3, 0.4) is 0 Å². The number of rotatable bonds is 36. The second-order valence-corrected chi connectivity index (χ2v) is 15.5. The van der Waals surface area contributed by atoms with E-state index in [4.69, 9.17) is 9.47 Å². The minimum absolute atomic E-state index is 0.154. The molecule has 1 rings (SSSR count). The number of carbonyl (C=O) groups excluding carboxylic acids is 1. The highest BCUT2D eigenvalue weighted by molar-refractivity contribution is 5.76. The summed E-state index contributed by atoms with van der Waals surface area (Å²) in [5.41, 5.74) is 0. The van der Waals surface area contributed by atoms with E-state index in [2.05, 4.69) is 79.9 Å². The zero-order valence-corrected chi connectivity index (χ0v) is 35.4. The van der Waals surface area contributed by atoms with E-state index >= 15 is 0 Å². The fourth-order valence-electron chi connectivity index (χ4n) is 6.77. The largest absolute Gasteiger partial charge is 0.394 e. The summed E-state index contributed by atoms with van der Waals surface area (Å²) in [7, 11) is 0. The first-order chi connectivity index (χ1) is 27.3. The summed E-state index contributed by atoms with van der Waals surface area (Å²) in [6.45, 7) is 3.68. The molecule has 0 aromatic heterocycles. The van der Waals surface area contributed by atoms with Crippen molar-refractivity contribution in [2.75, 3.05) is 13.2 Å². The molecule has 1 amide bonds. The average molecular weight is 790 g/mol. The summed E-state index contributed by atoms with van der Waals surface area (Å²) >= 11 is 0. The van der Waals surface area contributed by atoms with Crippen molar-refractivity contribution in [1.29, 1.82) is 0 Å². The molecule has 1 saturated heterocycles. The minimum Gasteiger partial charge on any atom is -0.394 e. The molecule has 7 unspecified atom stereocenters. The molecular weight excluding hydrogens is 707 g/mol. The van der Waals surface area contributed by atoms with Gasteiger partial charge in [0, 0.05) is 6.42 Å². The normalized spacial score (nSPS) is 21.7. The summed E-state index contributed by atoms with van der Waals surface area (Å²) in [4.78, 5) is 13.0. The lowest BCUT2D eigenvalue weighted by atomic mass is 9.99. The zero-order chi connectivity index (χ0) is 40.9. The van der Waals surface area contributed by atoms with Crippen molar-refractivity contribution in [3.8, 4) is 0 Å². The molecule has 0 bridgehead atoms. The van der Waals surface area contributed by atoms with Gasteiger partial charge in [-0.3, -0.25) is 4.79 Å². The molecule has 0 saturated carbocycles. The van der Waals surface area contributed by atoms with Crippen molar-refractivity contribution >= 4 is 5.91 Å². The third kappa shape index (κ3) is 27.5. The van der Waals surface area contributed by atoms with Crippen LogP contribution in [0.2, 0.25) is 0 Å². The summed E-state index contributed by atoms with van der Waals surface area (Å²) in [5.74, 6) is -0.178. The summed E-state index contributed by atoms with van der Waals surface area (Å²) in [6.07, 6.45) is 40.8. The highest BCUT2D eigenvalue weighted by Gasteiger charge is 2.44. The van der Waals surface area contributed by atoms with Crippen LogP contribution in [0.15, 0.2) is 60.8 Å². The molecule has 9 heteroatoms. The third-order valence-corrected chi connectivity index (χ3v) is 10.4. The quantitative estimate of drug-likeness (QED) is 0.0272. The van der Waals surface area contributed by atoms with E-state index in [1.165, 1.54) is 70.6 Å². The van der Waals surface area contributed by atoms with Gasteiger partial charge in [0.1, 0.15) is 24.4 Å². The van der Waals surface area contributed by atoms with Crippen molar-refractivity contribution in [3.63, 3.8) is 0 Å². The third-order valence-electron chi connectivity index (χ3n) is 10.4. The Morgan fingerprint density at radius 2 is 1.11 bits per heavy atom. The Hall–Kier alpha value is -2.11. The standard InChI is InChI=1S/C47H83NO8/c1-3-5-7-9-11-13-15-17-19-20-21-22-23-25-27-29-31-33-35-37-43(51)48-40(39-55-47-46(54)45(53)44(52)42(38-49)56-47)41(50)36-34-32-30-28-26-24-18-16-14-12-10-8-6-4-2/h5,7,11,13,17,19,21-22,25,27,40-42,44-47,49-50,52-54H,3-4,6,8-10,12,14-16,18,20,23-24,26,28-39H2,1-2H3,(H,48,51)/b7-5-,13-11-,19-17-,22-21-,27-25-. The molecule has 0 spiro atoms. The van der Waals surface area contributed by atoms with E-state index in [0.29, 0.717) is 12.8 Å². The number of aliphatic hydroxyl groups excluding tert-OH is 5. The first-order valence-electron chi connectivity index (χ1n) is 22.5. The Balaban J connectivity index is 2.38. The van der Waals surface area contributed by atoms with Crippen molar-refractivity contribution in [3.05, 3.63) is 60.8 Å². The number of allylic oxidation sites excluding steroid dienone is 10. The van der Waals surface area contributed by atoms with Crippen LogP contribution in [0, 0.1) is 0 Å². The zero-order valence-electron chi connectivity index (χ0n) is 35.4. The predicted molar refractivity (Wildman–Crippen MR) is 230 cm³/mol. The molecule has 9 nitrogen and oxygen atoms in total. The van der Waals surface area contributed by atoms with Gasteiger partial charge in [-0.05, 0) is 57.8 Å². The second kappa shape index (κ2) is 37.2. The van der Waals surface area contributed by atoms with Crippen LogP contribution in [0.25, 0.3) is 0 Å². The van der Waals surface area contributed by atoms with Crippen LogP contribution in [-0.2, 0) is 14.3 Å². The van der Waals surface area contributed by atoms with Gasteiger partial charge >= 0.3 is 0 Å². The number of unbranched alkanes of at least 4 members (excludes halogenated alkanes) is 16. The van der Waals surface area contributed by atoms with Crippen LogP contribution in [0.4, 0.5) is 0 Å². The van der Waals surface area contributed by atoms with Crippen LogP contribution < -0.4 is 5.32 Å². The van der Waals surface area contributed by atoms with Crippen LogP contribution in [-0.4, -0.2) is 87.5 Å². The summed E-state index contributed by atoms with van der Waals surface area (Å²) in [5, 5.41) is 54.3. The molecule has 6 N–H and O–H groups in total. The number of aliphatic hydroxyl groups is 5. The summed E-state index contributed by atoms with van der Waals surface area (Å²) in [6, 6.07) is -0.738. The monoisotopic (exact) mass is 790 g/mol. The molecule has 324 valence electrons.